The quantitative estimate of drug-likeness (QED) is 0.741. The van der Waals surface area contributed by atoms with Crippen molar-refractivity contribution in [3.8, 4) is 0 Å². The highest BCUT2D eigenvalue weighted by Gasteiger charge is 2.15. The summed E-state index contributed by atoms with van der Waals surface area (Å²) in [5.74, 6) is 0.102. The minimum atomic E-state index is 0.102. The molecule has 0 unspecified atom stereocenters. The van der Waals surface area contributed by atoms with Crippen LogP contribution in [-0.2, 0) is 18.0 Å². The molecule has 16 heavy (non-hydrogen) atoms. The summed E-state index contributed by atoms with van der Waals surface area (Å²) in [6.07, 6.45) is 0. The van der Waals surface area contributed by atoms with E-state index in [9.17, 15) is 4.79 Å². The number of thiophene rings is 1. The molecule has 0 amide bonds. The number of benzene rings is 1. The zero-order valence-electron chi connectivity index (χ0n) is 8.60. The lowest BCUT2D eigenvalue weighted by Crippen LogP contribution is -1.99. The predicted molar refractivity (Wildman–Crippen MR) is 62.7 cm³/mol. The number of fused-ring (bicyclic) bond motifs is 1. The fourth-order valence-corrected chi connectivity index (χ4v) is 2.55. The number of hydrogen-bond acceptors (Lipinski definition) is 3. The normalized spacial score (nSPS) is 13.8. The molecular formula is C13H10O2S. The number of carbonyl (C=O) groups excluding carboxylic acids is 1. The summed E-state index contributed by atoms with van der Waals surface area (Å²) in [7, 11) is 0. The highest BCUT2D eigenvalue weighted by molar-refractivity contribution is 7.12. The molecule has 1 aromatic heterocycles. The van der Waals surface area contributed by atoms with Crippen LogP contribution in [0.15, 0.2) is 35.7 Å². The minimum Gasteiger partial charge on any atom is -0.372 e. The van der Waals surface area contributed by atoms with E-state index in [0.717, 1.165) is 16.0 Å². The third-order valence-electron chi connectivity index (χ3n) is 2.73. The molecule has 0 saturated carbocycles. The van der Waals surface area contributed by atoms with E-state index < -0.39 is 0 Å². The van der Waals surface area contributed by atoms with E-state index in [4.69, 9.17) is 4.74 Å². The zero-order chi connectivity index (χ0) is 11.0. The third-order valence-corrected chi connectivity index (χ3v) is 3.60. The monoisotopic (exact) mass is 230 g/mol. The van der Waals surface area contributed by atoms with Gasteiger partial charge >= 0.3 is 0 Å². The minimum absolute atomic E-state index is 0.102. The molecule has 0 radical (unpaired) electrons. The molecule has 0 bridgehead atoms. The van der Waals surface area contributed by atoms with E-state index in [1.165, 1.54) is 16.9 Å². The lowest BCUT2D eigenvalue weighted by Gasteiger charge is -2.01. The van der Waals surface area contributed by atoms with Crippen LogP contribution in [0.1, 0.15) is 26.4 Å². The first-order valence-corrected chi connectivity index (χ1v) is 6.00. The van der Waals surface area contributed by atoms with Crippen molar-refractivity contribution in [2.75, 3.05) is 0 Å². The van der Waals surface area contributed by atoms with Gasteiger partial charge in [0.15, 0.2) is 0 Å². The smallest absolute Gasteiger partial charge is 0.202 e. The van der Waals surface area contributed by atoms with Crippen LogP contribution in [0.4, 0.5) is 0 Å². The van der Waals surface area contributed by atoms with Crippen molar-refractivity contribution < 1.29 is 9.53 Å². The second kappa shape index (κ2) is 3.85. The van der Waals surface area contributed by atoms with Crippen molar-refractivity contribution in [1.82, 2.24) is 0 Å². The Balaban J connectivity index is 1.99. The largest absolute Gasteiger partial charge is 0.372 e. The van der Waals surface area contributed by atoms with Gasteiger partial charge in [-0.05, 0) is 28.6 Å². The lowest BCUT2D eigenvalue weighted by molar-refractivity contribution is 0.104. The van der Waals surface area contributed by atoms with Gasteiger partial charge in [0.25, 0.3) is 0 Å². The van der Waals surface area contributed by atoms with Crippen LogP contribution >= 0.6 is 11.3 Å². The van der Waals surface area contributed by atoms with Crippen molar-refractivity contribution in [1.29, 1.82) is 0 Å². The molecule has 1 aromatic carbocycles. The summed E-state index contributed by atoms with van der Waals surface area (Å²) in [5.41, 5.74) is 3.09. The van der Waals surface area contributed by atoms with Crippen LogP contribution in [-0.4, -0.2) is 5.78 Å². The third kappa shape index (κ3) is 1.58. The first-order valence-electron chi connectivity index (χ1n) is 5.12. The first-order chi connectivity index (χ1) is 7.84. The molecule has 2 heterocycles. The van der Waals surface area contributed by atoms with E-state index >= 15 is 0 Å². The fourth-order valence-electron chi connectivity index (χ4n) is 1.86. The highest BCUT2D eigenvalue weighted by Crippen LogP contribution is 2.23. The van der Waals surface area contributed by atoms with Gasteiger partial charge in [-0.15, -0.1) is 11.3 Å². The van der Waals surface area contributed by atoms with Gasteiger partial charge in [-0.1, -0.05) is 18.2 Å². The van der Waals surface area contributed by atoms with Crippen molar-refractivity contribution in [3.05, 3.63) is 57.3 Å². The summed E-state index contributed by atoms with van der Waals surface area (Å²) < 4.78 is 5.33. The van der Waals surface area contributed by atoms with Crippen LogP contribution in [0.3, 0.4) is 0 Å². The van der Waals surface area contributed by atoms with Gasteiger partial charge in [0, 0.05) is 5.56 Å². The fraction of sp³-hybridized carbons (Fsp3) is 0.154. The van der Waals surface area contributed by atoms with Crippen LogP contribution in [0.2, 0.25) is 0 Å². The first kappa shape index (κ1) is 9.75. The van der Waals surface area contributed by atoms with Gasteiger partial charge in [-0.2, -0.15) is 0 Å². The Morgan fingerprint density at radius 2 is 2.06 bits per heavy atom. The molecule has 0 fully saturated rings. The Morgan fingerprint density at radius 1 is 1.19 bits per heavy atom. The van der Waals surface area contributed by atoms with Crippen molar-refractivity contribution in [2.24, 2.45) is 0 Å². The molecule has 0 aliphatic carbocycles. The van der Waals surface area contributed by atoms with E-state index in [-0.39, 0.29) is 5.78 Å². The van der Waals surface area contributed by atoms with Crippen LogP contribution < -0.4 is 0 Å². The van der Waals surface area contributed by atoms with E-state index in [2.05, 4.69) is 0 Å². The average molecular weight is 230 g/mol. The number of ether oxygens (including phenoxy) is 1. The van der Waals surface area contributed by atoms with E-state index in [1.54, 1.807) is 0 Å². The second-order valence-electron chi connectivity index (χ2n) is 3.78. The van der Waals surface area contributed by atoms with Gasteiger partial charge in [0.1, 0.15) is 0 Å². The number of ketones is 1. The lowest BCUT2D eigenvalue weighted by atomic mass is 10.0. The Kier molecular flexibility index (Phi) is 2.35. The Morgan fingerprint density at radius 3 is 2.88 bits per heavy atom. The van der Waals surface area contributed by atoms with Gasteiger partial charge in [0.2, 0.25) is 5.78 Å². The van der Waals surface area contributed by atoms with Crippen LogP contribution in [0.5, 0.6) is 0 Å². The second-order valence-corrected chi connectivity index (χ2v) is 4.73. The molecule has 3 rings (SSSR count). The van der Waals surface area contributed by atoms with Crippen molar-refractivity contribution >= 4 is 17.1 Å². The maximum atomic E-state index is 12.1. The molecule has 3 heteroatoms. The van der Waals surface area contributed by atoms with Crippen molar-refractivity contribution in [2.45, 2.75) is 13.2 Å². The van der Waals surface area contributed by atoms with Gasteiger partial charge in [-0.3, -0.25) is 4.79 Å². The molecular weight excluding hydrogens is 220 g/mol. The molecule has 1 aliphatic heterocycles. The topological polar surface area (TPSA) is 26.3 Å². The summed E-state index contributed by atoms with van der Waals surface area (Å²) in [5, 5.41) is 1.92. The Hall–Kier alpha value is -1.45. The highest BCUT2D eigenvalue weighted by atomic mass is 32.1. The van der Waals surface area contributed by atoms with Gasteiger partial charge < -0.3 is 4.74 Å². The molecule has 80 valence electrons. The van der Waals surface area contributed by atoms with Gasteiger partial charge in [0.05, 0.1) is 18.1 Å². The summed E-state index contributed by atoms with van der Waals surface area (Å²) in [4.78, 5) is 12.9. The number of carbonyl (C=O) groups is 1. The maximum Gasteiger partial charge on any atom is 0.202 e. The SMILES string of the molecule is O=C(c1ccc2c(c1)COC2)c1cccs1. The summed E-state index contributed by atoms with van der Waals surface area (Å²) in [6.45, 7) is 1.30. The standard InChI is InChI=1S/C13H10O2S/c14-13(12-2-1-5-16-12)9-3-4-10-7-15-8-11(10)6-9/h1-6H,7-8H2. The van der Waals surface area contributed by atoms with Crippen LogP contribution in [0, 0.1) is 0 Å². The van der Waals surface area contributed by atoms with Gasteiger partial charge in [-0.25, -0.2) is 0 Å². The maximum absolute atomic E-state index is 12.1. The molecule has 2 nitrogen and oxygen atoms in total. The average Bonchev–Trinajstić information content (AvgIpc) is 2.98. The molecule has 2 aromatic rings. The summed E-state index contributed by atoms with van der Waals surface area (Å²) >= 11 is 1.48. The molecule has 0 N–H and O–H groups in total. The number of rotatable bonds is 2. The Bertz CT molecular complexity index is 529. The van der Waals surface area contributed by atoms with E-state index in [0.29, 0.717) is 13.2 Å². The Labute approximate surface area is 97.5 Å². The molecule has 0 spiro atoms. The molecule has 0 atom stereocenters. The van der Waals surface area contributed by atoms with E-state index in [1.807, 2.05) is 35.7 Å². The zero-order valence-corrected chi connectivity index (χ0v) is 9.42. The summed E-state index contributed by atoms with van der Waals surface area (Å²) in [6, 6.07) is 9.58. The molecule has 0 saturated heterocycles. The molecule has 1 aliphatic rings. The van der Waals surface area contributed by atoms with Crippen LogP contribution in [0.25, 0.3) is 0 Å². The predicted octanol–water partition coefficient (Wildman–Crippen LogP) is 3.01. The van der Waals surface area contributed by atoms with Crippen molar-refractivity contribution in [3.63, 3.8) is 0 Å². The number of hydrogen-bond donors (Lipinski definition) is 0.